The number of rotatable bonds is 0. The van der Waals surface area contributed by atoms with Crippen LogP contribution in [0.5, 0.6) is 0 Å². The van der Waals surface area contributed by atoms with Gasteiger partial charge in [-0.1, -0.05) is 0 Å². The Kier molecular flexibility index (Phi) is 1.64. The summed E-state index contributed by atoms with van der Waals surface area (Å²) in [6, 6.07) is 2.46. The largest absolute Gasteiger partial charge is 0.202 e. The van der Waals surface area contributed by atoms with E-state index in [-0.39, 0.29) is 0 Å². The van der Waals surface area contributed by atoms with Crippen molar-refractivity contribution in [2.45, 2.75) is 45.1 Å². The maximum Gasteiger partial charge on any atom is 0.181 e. The second kappa shape index (κ2) is 2.83. The Morgan fingerprint density at radius 2 is 1.85 bits per heavy atom. The monoisotopic (exact) mass is 174 g/mol. The lowest BCUT2D eigenvalue weighted by molar-refractivity contribution is -0.709. The van der Waals surface area contributed by atoms with Gasteiger partial charge in [-0.05, 0) is 31.2 Å². The Morgan fingerprint density at radius 1 is 0.923 bits per heavy atom. The van der Waals surface area contributed by atoms with E-state index in [1.807, 2.05) is 0 Å². The molecule has 68 valence electrons. The lowest BCUT2D eigenvalue weighted by Gasteiger charge is -2.11. The molecule has 0 amide bonds. The molecule has 1 aliphatic carbocycles. The van der Waals surface area contributed by atoms with E-state index < -0.39 is 0 Å². The van der Waals surface area contributed by atoms with Crippen LogP contribution in [0.25, 0.3) is 0 Å². The van der Waals surface area contributed by atoms with Crippen molar-refractivity contribution < 1.29 is 4.57 Å². The minimum atomic E-state index is 1.25. The van der Waals surface area contributed by atoms with E-state index in [1.54, 1.807) is 16.8 Å². The molecule has 1 nitrogen and oxygen atoms in total. The molecule has 1 aliphatic heterocycles. The van der Waals surface area contributed by atoms with Gasteiger partial charge in [0.1, 0.15) is 6.54 Å². The molecule has 1 aromatic heterocycles. The van der Waals surface area contributed by atoms with Gasteiger partial charge in [-0.3, -0.25) is 0 Å². The molecule has 0 fully saturated rings. The molecule has 0 spiro atoms. The maximum absolute atomic E-state index is 2.48. The highest BCUT2D eigenvalue weighted by Crippen LogP contribution is 2.22. The molecular weight excluding hydrogens is 158 g/mol. The number of pyridine rings is 1. The van der Waals surface area contributed by atoms with Gasteiger partial charge in [0.05, 0.1) is 0 Å². The molecule has 0 radical (unpaired) electrons. The summed E-state index contributed by atoms with van der Waals surface area (Å²) in [7, 11) is 0. The highest BCUT2D eigenvalue weighted by atomic mass is 15.0. The first kappa shape index (κ1) is 7.54. The quantitative estimate of drug-likeness (QED) is 0.528. The van der Waals surface area contributed by atoms with Gasteiger partial charge in [0.2, 0.25) is 0 Å². The standard InChI is InChI=1S/C12H16N/c1-2-7-13-9-11-5-3-4-10(11)8-12(13)6-1/h8-9H,1-7H2/q+1. The number of hydrogen-bond acceptors (Lipinski definition) is 0. The Balaban J connectivity index is 2.11. The summed E-state index contributed by atoms with van der Waals surface area (Å²) in [5, 5.41) is 0. The molecule has 1 aromatic rings. The van der Waals surface area contributed by atoms with Crippen molar-refractivity contribution in [1.29, 1.82) is 0 Å². The fourth-order valence-electron chi connectivity index (χ4n) is 2.67. The fraction of sp³-hybridized carbons (Fsp3) is 0.583. The molecule has 13 heavy (non-hydrogen) atoms. The van der Waals surface area contributed by atoms with E-state index in [2.05, 4.69) is 16.8 Å². The van der Waals surface area contributed by atoms with E-state index in [0.717, 1.165) is 0 Å². The van der Waals surface area contributed by atoms with Crippen LogP contribution in [0.2, 0.25) is 0 Å². The second-order valence-electron chi connectivity index (χ2n) is 4.32. The van der Waals surface area contributed by atoms with Gasteiger partial charge < -0.3 is 0 Å². The predicted molar refractivity (Wildman–Crippen MR) is 51.6 cm³/mol. The summed E-state index contributed by atoms with van der Waals surface area (Å²) >= 11 is 0. The van der Waals surface area contributed by atoms with Crippen molar-refractivity contribution in [3.05, 3.63) is 29.1 Å². The molecule has 0 atom stereocenters. The lowest BCUT2D eigenvalue weighted by Crippen LogP contribution is -2.41. The summed E-state index contributed by atoms with van der Waals surface area (Å²) in [6.07, 6.45) is 10.5. The zero-order valence-electron chi connectivity index (χ0n) is 8.05. The molecule has 2 heterocycles. The average molecular weight is 174 g/mol. The third-order valence-corrected chi connectivity index (χ3v) is 3.41. The summed E-state index contributed by atoms with van der Waals surface area (Å²) in [6.45, 7) is 1.25. The number of fused-ring (bicyclic) bond motifs is 2. The topological polar surface area (TPSA) is 3.88 Å². The van der Waals surface area contributed by atoms with Gasteiger partial charge >= 0.3 is 0 Å². The highest BCUT2D eigenvalue weighted by molar-refractivity contribution is 5.28. The molecule has 0 saturated heterocycles. The highest BCUT2D eigenvalue weighted by Gasteiger charge is 2.21. The Hall–Kier alpha value is -0.850. The van der Waals surface area contributed by atoms with Crippen molar-refractivity contribution in [1.82, 2.24) is 0 Å². The average Bonchev–Trinajstić information content (AvgIpc) is 2.61. The number of aryl methyl sites for hydroxylation is 4. The normalized spacial score (nSPS) is 19.7. The third-order valence-electron chi connectivity index (χ3n) is 3.41. The number of hydrogen-bond donors (Lipinski definition) is 0. The Morgan fingerprint density at radius 3 is 2.85 bits per heavy atom. The molecule has 0 N–H and O–H groups in total. The van der Waals surface area contributed by atoms with Crippen LogP contribution in [0.15, 0.2) is 12.3 Å². The lowest BCUT2D eigenvalue weighted by atomic mass is 10.0. The molecule has 1 heteroatoms. The molecule has 0 aromatic carbocycles. The van der Waals surface area contributed by atoms with Gasteiger partial charge in [0.15, 0.2) is 11.9 Å². The van der Waals surface area contributed by atoms with Gasteiger partial charge in [-0.15, -0.1) is 0 Å². The van der Waals surface area contributed by atoms with Crippen molar-refractivity contribution in [2.24, 2.45) is 0 Å². The van der Waals surface area contributed by atoms with Gasteiger partial charge in [0, 0.05) is 24.5 Å². The van der Waals surface area contributed by atoms with Crippen LogP contribution in [0.4, 0.5) is 0 Å². The maximum atomic E-state index is 2.48. The zero-order chi connectivity index (χ0) is 8.67. The first-order valence-corrected chi connectivity index (χ1v) is 5.47. The van der Waals surface area contributed by atoms with Crippen LogP contribution in [-0.4, -0.2) is 0 Å². The van der Waals surface area contributed by atoms with Crippen molar-refractivity contribution in [3.63, 3.8) is 0 Å². The van der Waals surface area contributed by atoms with Crippen molar-refractivity contribution in [2.75, 3.05) is 0 Å². The Labute approximate surface area is 79.4 Å². The van der Waals surface area contributed by atoms with E-state index in [0.29, 0.717) is 0 Å². The summed E-state index contributed by atoms with van der Waals surface area (Å²) in [5.74, 6) is 0. The third kappa shape index (κ3) is 1.18. The number of aromatic nitrogens is 1. The smallest absolute Gasteiger partial charge is 0.181 e. The van der Waals surface area contributed by atoms with E-state index in [9.17, 15) is 0 Å². The number of nitrogens with zero attached hydrogens (tertiary/aromatic N) is 1. The van der Waals surface area contributed by atoms with Crippen LogP contribution in [0, 0.1) is 0 Å². The molecule has 3 rings (SSSR count). The molecule has 2 aliphatic rings. The Bertz CT molecular complexity index is 308. The van der Waals surface area contributed by atoms with E-state index in [1.165, 1.54) is 45.1 Å². The van der Waals surface area contributed by atoms with Gasteiger partial charge in [-0.25, -0.2) is 4.57 Å². The van der Waals surface area contributed by atoms with Crippen LogP contribution in [0.1, 0.15) is 36.1 Å². The van der Waals surface area contributed by atoms with Crippen LogP contribution in [0.3, 0.4) is 0 Å². The zero-order valence-corrected chi connectivity index (χ0v) is 8.05. The summed E-state index contributed by atoms with van der Waals surface area (Å²) < 4.78 is 2.48. The first-order chi connectivity index (χ1) is 6.43. The van der Waals surface area contributed by atoms with Crippen molar-refractivity contribution in [3.8, 4) is 0 Å². The van der Waals surface area contributed by atoms with E-state index >= 15 is 0 Å². The predicted octanol–water partition coefficient (Wildman–Crippen LogP) is 1.80. The fourth-order valence-corrected chi connectivity index (χ4v) is 2.67. The molecule has 0 saturated carbocycles. The van der Waals surface area contributed by atoms with Crippen LogP contribution in [-0.2, 0) is 25.8 Å². The SMILES string of the molecule is c1c2c(c[n+]3c1CCCC3)CCC2. The van der Waals surface area contributed by atoms with Gasteiger partial charge in [0.25, 0.3) is 0 Å². The summed E-state index contributed by atoms with van der Waals surface area (Å²) in [4.78, 5) is 0. The van der Waals surface area contributed by atoms with E-state index in [4.69, 9.17) is 0 Å². The van der Waals surface area contributed by atoms with Crippen LogP contribution >= 0.6 is 0 Å². The minimum Gasteiger partial charge on any atom is -0.202 e. The molecular formula is C12H16N+. The minimum absolute atomic E-state index is 1.25. The van der Waals surface area contributed by atoms with Crippen LogP contribution < -0.4 is 4.57 Å². The van der Waals surface area contributed by atoms with Crippen molar-refractivity contribution >= 4 is 0 Å². The first-order valence-electron chi connectivity index (χ1n) is 5.47. The molecule has 0 bridgehead atoms. The summed E-state index contributed by atoms with van der Waals surface area (Å²) in [5.41, 5.74) is 4.82. The second-order valence-corrected chi connectivity index (χ2v) is 4.32. The molecule has 0 unspecified atom stereocenters. The van der Waals surface area contributed by atoms with Gasteiger partial charge in [-0.2, -0.15) is 0 Å².